The normalized spacial score (nSPS) is 10.0. The van der Waals surface area contributed by atoms with E-state index in [0.29, 0.717) is 0 Å². The van der Waals surface area contributed by atoms with Crippen molar-refractivity contribution in [1.29, 1.82) is 5.26 Å². The van der Waals surface area contributed by atoms with E-state index in [2.05, 4.69) is 5.32 Å². The van der Waals surface area contributed by atoms with Crippen molar-refractivity contribution < 1.29 is 9.21 Å². The third kappa shape index (κ3) is 1.89. The summed E-state index contributed by atoms with van der Waals surface area (Å²) >= 11 is 0. The van der Waals surface area contributed by atoms with E-state index >= 15 is 0 Å². The molecular weight excluding hydrogens is 204 g/mol. The van der Waals surface area contributed by atoms with Crippen molar-refractivity contribution in [3.05, 3.63) is 35.6 Å². The van der Waals surface area contributed by atoms with Gasteiger partial charge >= 0.3 is 0 Å². The summed E-state index contributed by atoms with van der Waals surface area (Å²) in [5, 5.41) is 11.3. The van der Waals surface area contributed by atoms with Gasteiger partial charge in [-0.05, 0) is 18.6 Å². The number of rotatable bonds is 2. The van der Waals surface area contributed by atoms with Gasteiger partial charge in [-0.15, -0.1) is 0 Å². The van der Waals surface area contributed by atoms with Crippen LogP contribution in [0.1, 0.15) is 11.1 Å². The van der Waals surface area contributed by atoms with Gasteiger partial charge in [0.1, 0.15) is 5.58 Å². The minimum atomic E-state index is -0.328. The lowest BCUT2D eigenvalue weighted by Crippen LogP contribution is -2.19. The Morgan fingerprint density at radius 2 is 2.38 bits per heavy atom. The lowest BCUT2D eigenvalue weighted by molar-refractivity contribution is -0.119. The van der Waals surface area contributed by atoms with Crippen LogP contribution in [0, 0.1) is 18.4 Å². The molecule has 16 heavy (non-hydrogen) atoms. The second-order valence-electron chi connectivity index (χ2n) is 3.60. The molecule has 80 valence electrons. The van der Waals surface area contributed by atoms with Crippen molar-refractivity contribution in [2.24, 2.45) is 0 Å². The Kier molecular flexibility index (Phi) is 2.61. The van der Waals surface area contributed by atoms with Crippen LogP contribution in [-0.4, -0.2) is 5.91 Å². The third-order valence-electron chi connectivity index (χ3n) is 2.36. The molecule has 0 unspecified atom stereocenters. The molecule has 0 spiro atoms. The van der Waals surface area contributed by atoms with E-state index in [9.17, 15) is 4.79 Å². The molecule has 2 rings (SSSR count). The number of fused-ring (bicyclic) bond motifs is 1. The highest BCUT2D eigenvalue weighted by molar-refractivity contribution is 5.88. The van der Waals surface area contributed by atoms with E-state index < -0.39 is 0 Å². The number of nitrogens with zero attached hydrogens (tertiary/aromatic N) is 1. The fraction of sp³-hybridized carbons (Fsp3) is 0.167. The summed E-state index contributed by atoms with van der Waals surface area (Å²) in [6.45, 7) is 1.98. The van der Waals surface area contributed by atoms with Crippen molar-refractivity contribution in [1.82, 2.24) is 5.32 Å². The van der Waals surface area contributed by atoms with E-state index in [1.165, 1.54) is 0 Å². The Morgan fingerprint density at radius 1 is 1.56 bits per heavy atom. The molecule has 1 aromatic carbocycles. The molecule has 4 nitrogen and oxygen atoms in total. The van der Waals surface area contributed by atoms with Gasteiger partial charge in [0, 0.05) is 10.9 Å². The van der Waals surface area contributed by atoms with Crippen molar-refractivity contribution in [3.8, 4) is 6.19 Å². The zero-order chi connectivity index (χ0) is 11.5. The van der Waals surface area contributed by atoms with Crippen LogP contribution in [0.4, 0.5) is 0 Å². The van der Waals surface area contributed by atoms with Crippen molar-refractivity contribution in [2.45, 2.75) is 13.3 Å². The second kappa shape index (κ2) is 4.07. The monoisotopic (exact) mass is 214 g/mol. The topological polar surface area (TPSA) is 66.0 Å². The molecule has 0 saturated heterocycles. The lowest BCUT2D eigenvalue weighted by Gasteiger charge is -1.96. The second-order valence-corrected chi connectivity index (χ2v) is 3.60. The number of aryl methyl sites for hydroxylation is 1. The minimum Gasteiger partial charge on any atom is -0.464 e. The van der Waals surface area contributed by atoms with Gasteiger partial charge in [0.05, 0.1) is 12.7 Å². The first-order chi connectivity index (χ1) is 7.70. The number of nitriles is 1. The Hall–Kier alpha value is -2.28. The molecular formula is C12H10N2O2. The zero-order valence-corrected chi connectivity index (χ0v) is 8.78. The molecule has 0 fully saturated rings. The molecule has 2 aromatic rings. The molecule has 1 aromatic heterocycles. The van der Waals surface area contributed by atoms with Crippen LogP contribution in [0.5, 0.6) is 0 Å². The smallest absolute Gasteiger partial charge is 0.237 e. The van der Waals surface area contributed by atoms with Gasteiger partial charge in [0.2, 0.25) is 5.91 Å². The first-order valence-electron chi connectivity index (χ1n) is 4.85. The SMILES string of the molecule is Cc1ccc2c(CC(=O)NC#N)coc2c1. The first kappa shape index (κ1) is 10.2. The molecule has 0 bridgehead atoms. The number of hydrogen-bond acceptors (Lipinski definition) is 3. The summed E-state index contributed by atoms with van der Waals surface area (Å²) in [6.07, 6.45) is 3.32. The molecule has 1 N–H and O–H groups in total. The highest BCUT2D eigenvalue weighted by Gasteiger charge is 2.09. The van der Waals surface area contributed by atoms with Gasteiger partial charge in [0.25, 0.3) is 0 Å². The van der Waals surface area contributed by atoms with Crippen LogP contribution >= 0.6 is 0 Å². The van der Waals surface area contributed by atoms with Crippen LogP contribution in [0.3, 0.4) is 0 Å². The van der Waals surface area contributed by atoms with Crippen LogP contribution in [0.2, 0.25) is 0 Å². The van der Waals surface area contributed by atoms with Crippen molar-refractivity contribution in [2.75, 3.05) is 0 Å². The molecule has 0 saturated carbocycles. The average molecular weight is 214 g/mol. The number of carbonyl (C=O) groups is 1. The summed E-state index contributed by atoms with van der Waals surface area (Å²) in [5.74, 6) is -0.328. The van der Waals surface area contributed by atoms with E-state index in [1.807, 2.05) is 25.1 Å². The Morgan fingerprint density at radius 3 is 3.12 bits per heavy atom. The van der Waals surface area contributed by atoms with E-state index in [1.54, 1.807) is 12.5 Å². The van der Waals surface area contributed by atoms with E-state index in [-0.39, 0.29) is 12.3 Å². The summed E-state index contributed by atoms with van der Waals surface area (Å²) < 4.78 is 5.35. The maximum Gasteiger partial charge on any atom is 0.237 e. The molecule has 4 heteroatoms. The fourth-order valence-electron chi connectivity index (χ4n) is 1.61. The van der Waals surface area contributed by atoms with E-state index in [4.69, 9.17) is 9.68 Å². The molecule has 0 aliphatic carbocycles. The van der Waals surface area contributed by atoms with Crippen LogP contribution in [0.25, 0.3) is 11.0 Å². The fourth-order valence-corrected chi connectivity index (χ4v) is 1.61. The zero-order valence-electron chi connectivity index (χ0n) is 8.78. The number of hydrogen-bond donors (Lipinski definition) is 1. The quantitative estimate of drug-likeness (QED) is 0.613. The Labute approximate surface area is 92.5 Å². The summed E-state index contributed by atoms with van der Waals surface area (Å²) in [6, 6.07) is 5.80. The number of carbonyl (C=O) groups excluding carboxylic acids is 1. The third-order valence-corrected chi connectivity index (χ3v) is 2.36. The standard InChI is InChI=1S/C12H10N2O2/c1-8-2-3-10-9(5-12(15)14-7-13)6-16-11(10)4-8/h2-4,6H,5H2,1H3,(H,14,15). The first-order valence-corrected chi connectivity index (χ1v) is 4.85. The summed E-state index contributed by atoms with van der Waals surface area (Å²) in [7, 11) is 0. The highest BCUT2D eigenvalue weighted by atomic mass is 16.3. The highest BCUT2D eigenvalue weighted by Crippen LogP contribution is 2.22. The number of amides is 1. The lowest BCUT2D eigenvalue weighted by atomic mass is 10.1. The van der Waals surface area contributed by atoms with Crippen LogP contribution < -0.4 is 5.32 Å². The van der Waals surface area contributed by atoms with Crippen molar-refractivity contribution >= 4 is 16.9 Å². The van der Waals surface area contributed by atoms with Gasteiger partial charge in [-0.1, -0.05) is 12.1 Å². The van der Waals surface area contributed by atoms with Crippen LogP contribution in [-0.2, 0) is 11.2 Å². The molecule has 1 amide bonds. The number of furan rings is 1. The Bertz CT molecular complexity index is 578. The average Bonchev–Trinajstić information content (AvgIpc) is 2.61. The summed E-state index contributed by atoms with van der Waals surface area (Å²) in [5.41, 5.74) is 2.66. The van der Waals surface area contributed by atoms with Gasteiger partial charge < -0.3 is 4.42 Å². The maximum atomic E-state index is 11.2. The predicted molar refractivity (Wildman–Crippen MR) is 58.4 cm³/mol. The van der Waals surface area contributed by atoms with Gasteiger partial charge in [0.15, 0.2) is 6.19 Å². The maximum absolute atomic E-state index is 11.2. The molecule has 0 radical (unpaired) electrons. The molecule has 1 heterocycles. The number of benzene rings is 1. The van der Waals surface area contributed by atoms with E-state index in [0.717, 1.165) is 22.1 Å². The molecule has 0 aliphatic heterocycles. The van der Waals surface area contributed by atoms with Crippen LogP contribution in [0.15, 0.2) is 28.9 Å². The Balaban J connectivity index is 2.33. The summed E-state index contributed by atoms with van der Waals surface area (Å²) in [4.78, 5) is 11.2. The van der Waals surface area contributed by atoms with Gasteiger partial charge in [-0.3, -0.25) is 10.1 Å². The number of nitrogens with one attached hydrogen (secondary N) is 1. The van der Waals surface area contributed by atoms with Crippen molar-refractivity contribution in [3.63, 3.8) is 0 Å². The van der Waals surface area contributed by atoms with Gasteiger partial charge in [-0.25, -0.2) is 0 Å². The predicted octanol–water partition coefficient (Wildman–Crippen LogP) is 1.88. The minimum absolute atomic E-state index is 0.156. The molecule has 0 atom stereocenters. The van der Waals surface area contributed by atoms with Gasteiger partial charge in [-0.2, -0.15) is 5.26 Å². The largest absolute Gasteiger partial charge is 0.464 e. The molecule has 0 aliphatic rings.